The molecule has 27 heavy (non-hydrogen) atoms. The van der Waals surface area contributed by atoms with Gasteiger partial charge in [-0.25, -0.2) is 8.42 Å². The molecule has 0 amide bonds. The summed E-state index contributed by atoms with van der Waals surface area (Å²) in [7, 11) is -3.65. The normalized spacial score (nSPS) is 16.1. The van der Waals surface area contributed by atoms with Crippen LogP contribution in [0.3, 0.4) is 0 Å². The molecule has 0 fully saturated rings. The zero-order valence-corrected chi connectivity index (χ0v) is 16.1. The molecule has 0 saturated heterocycles. The number of aryl methyl sites for hydroxylation is 2. The number of hydrogen-bond acceptors (Lipinski definition) is 2. The minimum atomic E-state index is -3.65. The van der Waals surface area contributed by atoms with Gasteiger partial charge in [-0.15, -0.1) is 0 Å². The van der Waals surface area contributed by atoms with Gasteiger partial charge in [0.25, 0.3) is 0 Å². The van der Waals surface area contributed by atoms with Gasteiger partial charge in [0.05, 0.1) is 10.9 Å². The van der Waals surface area contributed by atoms with Crippen molar-refractivity contribution < 1.29 is 8.42 Å². The Balaban J connectivity index is 1.77. The molecule has 1 atom stereocenters. The predicted molar refractivity (Wildman–Crippen MR) is 110 cm³/mol. The van der Waals surface area contributed by atoms with Crippen LogP contribution >= 0.6 is 0 Å². The summed E-state index contributed by atoms with van der Waals surface area (Å²) in [5.74, 6) is 0. The Bertz CT molecular complexity index is 1110. The number of nitrogens with one attached hydrogen (secondary N) is 1. The third-order valence-electron chi connectivity index (χ3n) is 4.89. The van der Waals surface area contributed by atoms with Gasteiger partial charge in [-0.1, -0.05) is 71.8 Å². The van der Waals surface area contributed by atoms with Crippen LogP contribution in [0.1, 0.15) is 33.9 Å². The zero-order chi connectivity index (χ0) is 19.0. The van der Waals surface area contributed by atoms with Crippen molar-refractivity contribution in [3.63, 3.8) is 0 Å². The van der Waals surface area contributed by atoms with E-state index in [1.54, 1.807) is 12.1 Å². The van der Waals surface area contributed by atoms with Crippen LogP contribution in [0.4, 0.5) is 0 Å². The van der Waals surface area contributed by atoms with Crippen molar-refractivity contribution in [2.75, 3.05) is 0 Å². The first kappa shape index (κ1) is 17.7. The molecule has 136 valence electrons. The standard InChI is InChI=1S/C23H21NO2S/c1-16-9-12-20(13-10-16)27(25,26)24-23-21-14-17(2)8-11-19(21)15-22(23)18-6-4-3-5-7-18/h3-15,23-24H,1-2H3. The van der Waals surface area contributed by atoms with Crippen molar-refractivity contribution in [2.45, 2.75) is 24.8 Å². The predicted octanol–water partition coefficient (Wildman–Crippen LogP) is 4.88. The minimum absolute atomic E-state index is 0.279. The van der Waals surface area contributed by atoms with Crippen LogP contribution in [0.25, 0.3) is 11.6 Å². The second-order valence-electron chi connectivity index (χ2n) is 6.97. The molecule has 4 heteroatoms. The fourth-order valence-corrected chi connectivity index (χ4v) is 4.64. The van der Waals surface area contributed by atoms with Crippen LogP contribution in [-0.2, 0) is 10.0 Å². The Labute approximate surface area is 160 Å². The summed E-state index contributed by atoms with van der Waals surface area (Å²) in [5, 5.41) is 0. The smallest absolute Gasteiger partial charge is 0.207 e. The first-order valence-electron chi connectivity index (χ1n) is 8.91. The Morgan fingerprint density at radius 3 is 2.19 bits per heavy atom. The number of fused-ring (bicyclic) bond motifs is 1. The molecular weight excluding hydrogens is 354 g/mol. The second kappa shape index (κ2) is 6.80. The van der Waals surface area contributed by atoms with E-state index >= 15 is 0 Å². The van der Waals surface area contributed by atoms with Crippen molar-refractivity contribution in [3.8, 4) is 0 Å². The lowest BCUT2D eigenvalue weighted by Gasteiger charge is -2.19. The van der Waals surface area contributed by atoms with Crippen molar-refractivity contribution >= 4 is 21.7 Å². The number of hydrogen-bond donors (Lipinski definition) is 1. The third kappa shape index (κ3) is 3.46. The van der Waals surface area contributed by atoms with Crippen LogP contribution in [0, 0.1) is 13.8 Å². The van der Waals surface area contributed by atoms with Gasteiger partial charge in [0.15, 0.2) is 0 Å². The summed E-state index contributed by atoms with van der Waals surface area (Å²) in [6.07, 6.45) is 2.08. The molecule has 4 rings (SSSR count). The summed E-state index contributed by atoms with van der Waals surface area (Å²) >= 11 is 0. The molecule has 1 unspecified atom stereocenters. The van der Waals surface area contributed by atoms with E-state index in [1.165, 1.54) is 0 Å². The van der Waals surface area contributed by atoms with Crippen molar-refractivity contribution in [2.24, 2.45) is 0 Å². The minimum Gasteiger partial charge on any atom is -0.207 e. The lowest BCUT2D eigenvalue weighted by atomic mass is 9.98. The fourth-order valence-electron chi connectivity index (χ4n) is 3.44. The van der Waals surface area contributed by atoms with Crippen molar-refractivity contribution in [1.82, 2.24) is 4.72 Å². The van der Waals surface area contributed by atoms with Gasteiger partial charge in [-0.3, -0.25) is 0 Å². The first-order valence-corrected chi connectivity index (χ1v) is 10.4. The Morgan fingerprint density at radius 2 is 1.48 bits per heavy atom. The lowest BCUT2D eigenvalue weighted by molar-refractivity contribution is 0.576. The highest BCUT2D eigenvalue weighted by atomic mass is 32.2. The van der Waals surface area contributed by atoms with Crippen molar-refractivity contribution in [1.29, 1.82) is 0 Å². The van der Waals surface area contributed by atoms with E-state index in [0.29, 0.717) is 0 Å². The van der Waals surface area contributed by atoms with E-state index < -0.39 is 16.1 Å². The molecule has 0 spiro atoms. The van der Waals surface area contributed by atoms with Gasteiger partial charge in [0, 0.05) is 0 Å². The third-order valence-corrected chi connectivity index (χ3v) is 6.33. The van der Waals surface area contributed by atoms with E-state index in [-0.39, 0.29) is 4.90 Å². The quantitative estimate of drug-likeness (QED) is 0.707. The van der Waals surface area contributed by atoms with Gasteiger partial charge < -0.3 is 0 Å². The largest absolute Gasteiger partial charge is 0.241 e. The molecule has 1 N–H and O–H groups in total. The molecule has 3 nitrogen and oxygen atoms in total. The summed E-state index contributed by atoms with van der Waals surface area (Å²) in [6.45, 7) is 3.96. The monoisotopic (exact) mass is 375 g/mol. The second-order valence-corrected chi connectivity index (χ2v) is 8.68. The average Bonchev–Trinajstić information content (AvgIpc) is 3.00. The van der Waals surface area contributed by atoms with E-state index in [1.807, 2.05) is 62.4 Å². The molecule has 0 radical (unpaired) electrons. The topological polar surface area (TPSA) is 46.2 Å². The van der Waals surface area contributed by atoms with Crippen LogP contribution in [0.15, 0.2) is 77.7 Å². The van der Waals surface area contributed by atoms with Gasteiger partial charge >= 0.3 is 0 Å². The molecule has 3 aromatic rings. The maximum atomic E-state index is 13.0. The molecular formula is C23H21NO2S. The number of rotatable bonds is 4. The molecule has 0 aliphatic heterocycles. The first-order chi connectivity index (χ1) is 12.9. The van der Waals surface area contributed by atoms with Gasteiger partial charge in [0.2, 0.25) is 10.0 Å². The maximum Gasteiger partial charge on any atom is 0.241 e. The molecule has 0 aromatic heterocycles. The summed E-state index contributed by atoms with van der Waals surface area (Å²) in [6, 6.07) is 22.6. The van der Waals surface area contributed by atoms with E-state index in [2.05, 4.69) is 22.9 Å². The SMILES string of the molecule is Cc1ccc(S(=O)(=O)NC2C(c3ccccc3)=Cc3ccc(C)cc32)cc1. The van der Waals surface area contributed by atoms with Gasteiger partial charge in [-0.2, -0.15) is 4.72 Å². The number of sulfonamides is 1. The summed E-state index contributed by atoms with van der Waals surface area (Å²) in [4.78, 5) is 0.279. The van der Waals surface area contributed by atoms with Crippen LogP contribution in [-0.4, -0.2) is 8.42 Å². The highest BCUT2D eigenvalue weighted by molar-refractivity contribution is 7.89. The molecule has 1 aliphatic rings. The molecule has 0 heterocycles. The maximum absolute atomic E-state index is 13.0. The molecule has 0 saturated carbocycles. The zero-order valence-electron chi connectivity index (χ0n) is 15.3. The summed E-state index contributed by atoms with van der Waals surface area (Å²) < 4.78 is 29.0. The van der Waals surface area contributed by atoms with Crippen molar-refractivity contribution in [3.05, 3.63) is 101 Å². The van der Waals surface area contributed by atoms with E-state index in [4.69, 9.17) is 0 Å². The Kier molecular flexibility index (Phi) is 4.46. The Hall–Kier alpha value is -2.69. The molecule has 0 bridgehead atoms. The number of benzene rings is 3. The van der Waals surface area contributed by atoms with Crippen LogP contribution in [0.5, 0.6) is 0 Å². The lowest BCUT2D eigenvalue weighted by Crippen LogP contribution is -2.28. The summed E-state index contributed by atoms with van der Waals surface area (Å²) in [5.41, 5.74) is 6.16. The van der Waals surface area contributed by atoms with E-state index in [0.717, 1.165) is 33.4 Å². The van der Waals surface area contributed by atoms with Crippen LogP contribution < -0.4 is 4.72 Å². The Morgan fingerprint density at radius 1 is 0.815 bits per heavy atom. The average molecular weight is 375 g/mol. The fraction of sp³-hybridized carbons (Fsp3) is 0.130. The van der Waals surface area contributed by atoms with E-state index in [9.17, 15) is 8.42 Å². The van der Waals surface area contributed by atoms with Crippen LogP contribution in [0.2, 0.25) is 0 Å². The molecule has 3 aromatic carbocycles. The van der Waals surface area contributed by atoms with Gasteiger partial charge in [-0.05, 0) is 54.3 Å². The molecule has 1 aliphatic carbocycles. The highest BCUT2D eigenvalue weighted by Gasteiger charge is 2.30. The van der Waals surface area contributed by atoms with Gasteiger partial charge in [0.1, 0.15) is 0 Å². The highest BCUT2D eigenvalue weighted by Crippen LogP contribution is 2.41.